The second-order valence-electron chi connectivity index (χ2n) is 3.56. The van der Waals surface area contributed by atoms with Crippen molar-refractivity contribution < 1.29 is 0 Å². The predicted octanol–water partition coefficient (Wildman–Crippen LogP) is 5.84. The van der Waals surface area contributed by atoms with Crippen LogP contribution in [0.4, 0.5) is 0 Å². The molecule has 0 saturated heterocycles. The third-order valence-corrected chi connectivity index (χ3v) is 4.36. The Kier molecular flexibility index (Phi) is 3.73. The highest BCUT2D eigenvalue weighted by atomic mass is 79.9. The van der Waals surface area contributed by atoms with Gasteiger partial charge in [0.2, 0.25) is 0 Å². The van der Waals surface area contributed by atoms with Crippen LogP contribution in [0, 0.1) is 6.92 Å². The van der Waals surface area contributed by atoms with Crippen LogP contribution < -0.4 is 0 Å². The van der Waals surface area contributed by atoms with Crippen LogP contribution >= 0.6 is 43.5 Å². The van der Waals surface area contributed by atoms with Gasteiger partial charge in [-0.05, 0) is 51.7 Å². The Morgan fingerprint density at radius 3 is 2.44 bits per heavy atom. The second kappa shape index (κ2) is 4.91. The molecule has 2 rings (SSSR count). The molecule has 0 bridgehead atoms. The molecule has 0 N–H and O–H groups in total. The lowest BCUT2D eigenvalue weighted by Gasteiger charge is -2.09. The van der Waals surface area contributed by atoms with E-state index < -0.39 is 0 Å². The molecule has 0 atom stereocenters. The zero-order valence-corrected chi connectivity index (χ0v) is 12.5. The van der Waals surface area contributed by atoms with E-state index in [0.29, 0.717) is 0 Å². The minimum atomic E-state index is 0.736. The highest BCUT2D eigenvalue weighted by Gasteiger charge is 2.08. The van der Waals surface area contributed by atoms with Gasteiger partial charge in [0.15, 0.2) is 0 Å². The lowest BCUT2D eigenvalue weighted by Crippen LogP contribution is -1.84. The number of hydrogen-bond donors (Lipinski definition) is 0. The van der Waals surface area contributed by atoms with Crippen molar-refractivity contribution in [1.82, 2.24) is 0 Å². The van der Waals surface area contributed by atoms with Gasteiger partial charge in [0.25, 0.3) is 0 Å². The molecule has 0 aliphatic carbocycles. The maximum absolute atomic E-state index is 5.93. The standard InChI is InChI=1S/C13H9Br2Cl/c1-8-3-2-4-11(13(8)15)10-6-5-9(16)7-12(10)14/h2-7H,1H3. The SMILES string of the molecule is Cc1cccc(-c2ccc(Cl)cc2Br)c1Br. The first-order valence-corrected chi connectivity index (χ1v) is 6.76. The van der Waals surface area contributed by atoms with Crippen LogP contribution in [0.15, 0.2) is 45.3 Å². The van der Waals surface area contributed by atoms with Crippen molar-refractivity contribution in [3.63, 3.8) is 0 Å². The zero-order chi connectivity index (χ0) is 11.7. The van der Waals surface area contributed by atoms with E-state index in [1.807, 2.05) is 18.2 Å². The van der Waals surface area contributed by atoms with Crippen LogP contribution in [0.1, 0.15) is 5.56 Å². The van der Waals surface area contributed by atoms with E-state index >= 15 is 0 Å². The van der Waals surface area contributed by atoms with Crippen LogP contribution in [-0.2, 0) is 0 Å². The van der Waals surface area contributed by atoms with Gasteiger partial charge in [0.05, 0.1) is 0 Å². The van der Waals surface area contributed by atoms with Gasteiger partial charge in [-0.2, -0.15) is 0 Å². The summed E-state index contributed by atoms with van der Waals surface area (Å²) >= 11 is 13.1. The molecule has 0 aliphatic heterocycles. The highest BCUT2D eigenvalue weighted by molar-refractivity contribution is 9.11. The van der Waals surface area contributed by atoms with Crippen LogP contribution in [0.3, 0.4) is 0 Å². The summed E-state index contributed by atoms with van der Waals surface area (Å²) in [6.45, 7) is 2.08. The first-order valence-electron chi connectivity index (χ1n) is 4.80. The average Bonchev–Trinajstić information content (AvgIpc) is 2.23. The van der Waals surface area contributed by atoms with Crippen molar-refractivity contribution in [2.45, 2.75) is 6.92 Å². The van der Waals surface area contributed by atoms with E-state index in [4.69, 9.17) is 11.6 Å². The number of aryl methyl sites for hydroxylation is 1. The minimum Gasteiger partial charge on any atom is -0.0843 e. The van der Waals surface area contributed by atoms with Crippen LogP contribution in [-0.4, -0.2) is 0 Å². The van der Waals surface area contributed by atoms with E-state index in [2.05, 4.69) is 57.0 Å². The monoisotopic (exact) mass is 358 g/mol. The lowest BCUT2D eigenvalue weighted by molar-refractivity contribution is 1.42. The molecule has 0 radical (unpaired) electrons. The molecule has 0 amide bonds. The van der Waals surface area contributed by atoms with Gasteiger partial charge in [-0.3, -0.25) is 0 Å². The second-order valence-corrected chi connectivity index (χ2v) is 5.64. The molecule has 0 saturated carbocycles. The van der Waals surface area contributed by atoms with Crippen LogP contribution in [0.5, 0.6) is 0 Å². The van der Waals surface area contributed by atoms with Gasteiger partial charge in [-0.1, -0.05) is 51.8 Å². The molecule has 3 heteroatoms. The Balaban J connectivity index is 2.63. The van der Waals surface area contributed by atoms with Gasteiger partial charge in [-0.15, -0.1) is 0 Å². The fourth-order valence-corrected chi connectivity index (χ4v) is 2.94. The molecule has 0 aromatic heterocycles. The summed E-state index contributed by atoms with van der Waals surface area (Å²) < 4.78 is 2.13. The van der Waals surface area contributed by atoms with E-state index in [-0.39, 0.29) is 0 Å². The summed E-state index contributed by atoms with van der Waals surface area (Å²) in [4.78, 5) is 0. The molecule has 0 aliphatic rings. The Morgan fingerprint density at radius 2 is 1.75 bits per heavy atom. The molecule has 0 spiro atoms. The van der Waals surface area contributed by atoms with Crippen LogP contribution in [0.25, 0.3) is 11.1 Å². The lowest BCUT2D eigenvalue weighted by atomic mass is 10.0. The maximum Gasteiger partial charge on any atom is 0.0417 e. The van der Waals surface area contributed by atoms with E-state index in [9.17, 15) is 0 Å². The Labute approximate surface area is 117 Å². The van der Waals surface area contributed by atoms with Gasteiger partial charge in [-0.25, -0.2) is 0 Å². The topological polar surface area (TPSA) is 0 Å². The summed E-state index contributed by atoms with van der Waals surface area (Å²) in [6.07, 6.45) is 0. The third-order valence-electron chi connectivity index (χ3n) is 2.41. The Morgan fingerprint density at radius 1 is 1.00 bits per heavy atom. The maximum atomic E-state index is 5.93. The van der Waals surface area contributed by atoms with Gasteiger partial charge in [0, 0.05) is 14.0 Å². The van der Waals surface area contributed by atoms with Crippen molar-refractivity contribution in [3.05, 3.63) is 55.9 Å². The number of halogens is 3. The number of hydrogen-bond acceptors (Lipinski definition) is 0. The molecule has 0 heterocycles. The van der Waals surface area contributed by atoms with Crippen molar-refractivity contribution in [2.75, 3.05) is 0 Å². The fraction of sp³-hybridized carbons (Fsp3) is 0.0769. The van der Waals surface area contributed by atoms with Crippen molar-refractivity contribution in [1.29, 1.82) is 0 Å². The van der Waals surface area contributed by atoms with Crippen LogP contribution in [0.2, 0.25) is 5.02 Å². The van der Waals surface area contributed by atoms with E-state index in [1.54, 1.807) is 0 Å². The fourth-order valence-electron chi connectivity index (χ4n) is 1.56. The normalized spacial score (nSPS) is 10.5. The van der Waals surface area contributed by atoms with Crippen molar-refractivity contribution in [3.8, 4) is 11.1 Å². The molecule has 16 heavy (non-hydrogen) atoms. The summed E-state index contributed by atoms with van der Waals surface area (Å²) in [5.74, 6) is 0. The zero-order valence-electron chi connectivity index (χ0n) is 8.60. The molecule has 2 aromatic rings. The smallest absolute Gasteiger partial charge is 0.0417 e. The van der Waals surface area contributed by atoms with Crippen molar-refractivity contribution in [2.24, 2.45) is 0 Å². The molecule has 0 fully saturated rings. The molecule has 0 nitrogen and oxygen atoms in total. The van der Waals surface area contributed by atoms with Gasteiger partial charge < -0.3 is 0 Å². The molecular weight excluding hydrogens is 351 g/mol. The molecule has 82 valence electrons. The first kappa shape index (κ1) is 12.2. The quantitative estimate of drug-likeness (QED) is 0.599. The highest BCUT2D eigenvalue weighted by Crippen LogP contribution is 2.36. The first-order chi connectivity index (χ1) is 7.59. The summed E-state index contributed by atoms with van der Waals surface area (Å²) in [6, 6.07) is 12.0. The summed E-state index contributed by atoms with van der Waals surface area (Å²) in [7, 11) is 0. The van der Waals surface area contributed by atoms with E-state index in [1.165, 1.54) is 11.1 Å². The minimum absolute atomic E-state index is 0.736. The Hall–Kier alpha value is -0.310. The third kappa shape index (κ3) is 2.34. The number of benzene rings is 2. The molecule has 0 unspecified atom stereocenters. The summed E-state index contributed by atoms with van der Waals surface area (Å²) in [5, 5.41) is 0.736. The Bertz CT molecular complexity index is 535. The van der Waals surface area contributed by atoms with E-state index in [0.717, 1.165) is 19.5 Å². The molecular formula is C13H9Br2Cl. The average molecular weight is 360 g/mol. The summed E-state index contributed by atoms with van der Waals surface area (Å²) in [5.41, 5.74) is 3.53. The van der Waals surface area contributed by atoms with Gasteiger partial charge in [0.1, 0.15) is 0 Å². The molecule has 2 aromatic carbocycles. The van der Waals surface area contributed by atoms with Crippen molar-refractivity contribution >= 4 is 43.5 Å². The largest absolute Gasteiger partial charge is 0.0843 e. The van der Waals surface area contributed by atoms with Gasteiger partial charge >= 0.3 is 0 Å². The predicted molar refractivity (Wildman–Crippen MR) is 77.0 cm³/mol. The number of rotatable bonds is 1.